The summed E-state index contributed by atoms with van der Waals surface area (Å²) in [4.78, 5) is 9.53. The molecule has 15 heavy (non-hydrogen) atoms. The van der Waals surface area contributed by atoms with Gasteiger partial charge >= 0.3 is 21.5 Å². The molecule has 0 heterocycles. The summed E-state index contributed by atoms with van der Waals surface area (Å²) in [5.41, 5.74) is -5.20. The zero-order valence-electron chi connectivity index (χ0n) is 7.19. The van der Waals surface area contributed by atoms with Crippen LogP contribution in [0.3, 0.4) is 0 Å². The van der Waals surface area contributed by atoms with Gasteiger partial charge in [-0.1, -0.05) is 6.08 Å². The first-order valence-electron chi connectivity index (χ1n) is 3.14. The van der Waals surface area contributed by atoms with Gasteiger partial charge in [-0.05, 0) is 0 Å². The lowest BCUT2D eigenvalue weighted by atomic mass is 10.5. The van der Waals surface area contributed by atoms with E-state index >= 15 is 0 Å². The number of alkyl halides is 3. The van der Waals surface area contributed by atoms with Crippen LogP contribution in [-0.4, -0.2) is 31.6 Å². The molecule has 0 fully saturated rings. The Bertz CT molecular complexity index is 320. The van der Waals surface area contributed by atoms with Crippen molar-refractivity contribution in [3.8, 4) is 0 Å². The van der Waals surface area contributed by atoms with E-state index in [2.05, 4.69) is 0 Å². The van der Waals surface area contributed by atoms with Crippen molar-refractivity contribution in [2.75, 3.05) is 6.61 Å². The highest BCUT2D eigenvalue weighted by Crippen LogP contribution is 2.17. The van der Waals surface area contributed by atoms with Crippen LogP contribution in [0.1, 0.15) is 0 Å². The maximum absolute atomic E-state index is 10.9. The van der Waals surface area contributed by atoms with Crippen molar-refractivity contribution in [1.29, 1.82) is 0 Å². The summed E-state index contributed by atoms with van der Waals surface area (Å²) in [5.74, 6) is -1.07. The number of sulfonamides is 1. The van der Waals surface area contributed by atoms with Crippen molar-refractivity contribution in [1.82, 2.24) is 0 Å². The predicted molar refractivity (Wildman–Crippen MR) is 39.5 cm³/mol. The van der Waals surface area contributed by atoms with Gasteiger partial charge < -0.3 is 10.2 Å². The molecule has 0 radical (unpaired) electrons. The van der Waals surface area contributed by atoms with E-state index in [-0.39, 0.29) is 0 Å². The molecule has 0 bridgehead atoms. The van der Waals surface area contributed by atoms with Crippen LogP contribution in [-0.2, 0) is 14.8 Å². The van der Waals surface area contributed by atoms with E-state index < -0.39 is 28.1 Å². The van der Waals surface area contributed by atoms with Gasteiger partial charge in [-0.2, -0.15) is 21.6 Å². The van der Waals surface area contributed by atoms with Crippen molar-refractivity contribution < 1.29 is 41.7 Å². The van der Waals surface area contributed by atoms with E-state index in [1.807, 2.05) is 5.14 Å². The summed E-state index contributed by atoms with van der Waals surface area (Å²) in [6, 6.07) is 0. The van der Waals surface area contributed by atoms with Crippen LogP contribution in [0.25, 0.3) is 0 Å². The van der Waals surface area contributed by atoms with Crippen LogP contribution in [0, 0.1) is 0 Å². The van der Waals surface area contributed by atoms with Crippen molar-refractivity contribution in [3.63, 3.8) is 0 Å². The quantitative estimate of drug-likeness (QED) is 0.553. The summed E-state index contributed by atoms with van der Waals surface area (Å²) in [6.07, 6.45) is 1.87. The maximum Gasteiger partial charge on any atom is 0.549 e. The second-order valence-electron chi connectivity index (χ2n) is 1.97. The van der Waals surface area contributed by atoms with Gasteiger partial charge in [0.25, 0.3) is 0 Å². The molecule has 0 saturated heterocycles. The average molecular weight is 251 g/mol. The summed E-state index contributed by atoms with van der Waals surface area (Å²) in [5, 5.41) is 19.2. The Balaban J connectivity index is 0. The Morgan fingerprint density at radius 2 is 1.80 bits per heavy atom. The Kier molecular flexibility index (Phi) is 6.93. The summed E-state index contributed by atoms with van der Waals surface area (Å²) < 4.78 is 51.6. The monoisotopic (exact) mass is 251 g/mol. The van der Waals surface area contributed by atoms with E-state index in [0.717, 1.165) is 12.2 Å². The molecule has 0 aromatic rings. The lowest BCUT2D eigenvalue weighted by Crippen LogP contribution is -2.62. The van der Waals surface area contributed by atoms with Crippen LogP contribution in [0.15, 0.2) is 12.2 Å². The number of carbonyl (C=O) groups is 1. The Morgan fingerprint density at radius 1 is 1.47 bits per heavy atom. The highest BCUT2D eigenvalue weighted by Gasteiger charge is 2.46. The van der Waals surface area contributed by atoms with E-state index in [4.69, 9.17) is 5.11 Å². The highest BCUT2D eigenvalue weighted by atomic mass is 32.2. The number of aliphatic carboxylic acids is 1. The Labute approximate surface area is 82.9 Å². The molecule has 0 atom stereocenters. The molecule has 0 unspecified atom stereocenters. The number of rotatable bonds is 2. The van der Waals surface area contributed by atoms with E-state index in [1.165, 1.54) is 0 Å². The molecule has 0 rings (SSSR count). The molecule has 4 N–H and O–H groups in total. The van der Waals surface area contributed by atoms with Crippen LogP contribution >= 0.6 is 0 Å². The van der Waals surface area contributed by atoms with Crippen molar-refractivity contribution in [2.24, 2.45) is 0 Å². The lowest BCUT2D eigenvalue weighted by molar-refractivity contribution is -0.352. The van der Waals surface area contributed by atoms with Gasteiger partial charge in [-0.15, -0.1) is 6.61 Å². The molecule has 0 aliphatic rings. The first-order valence-corrected chi connectivity index (χ1v) is 4.79. The molecule has 0 aliphatic heterocycles. The molecule has 0 spiro atoms. The maximum atomic E-state index is 10.9. The third kappa shape index (κ3) is 10.8. The average Bonchev–Trinajstić information content (AvgIpc) is 1.98. The number of carboxylic acid groups (broad SMARTS) is 1. The van der Waals surface area contributed by atoms with Crippen LogP contribution < -0.4 is 10.2 Å². The smallest absolute Gasteiger partial charge is 0.549 e. The van der Waals surface area contributed by atoms with Gasteiger partial charge in [-0.3, -0.25) is 0 Å². The Morgan fingerprint density at radius 3 is 1.87 bits per heavy atom. The number of halogens is 3. The van der Waals surface area contributed by atoms with Gasteiger partial charge in [0.05, 0.1) is 0 Å². The first kappa shape index (κ1) is 16.3. The number of hydrogen-bond acceptors (Lipinski definition) is 4. The normalized spacial score (nSPS) is 12.1. The van der Waals surface area contributed by atoms with Gasteiger partial charge in [0, 0.05) is 6.08 Å². The summed E-state index contributed by atoms with van der Waals surface area (Å²) in [7, 11) is -5.09. The van der Waals surface area contributed by atoms with Gasteiger partial charge in [0.1, 0.15) is 0 Å². The molecular weight excluding hydrogens is 243 g/mol. The standard InChI is InChI=1S/C4H5O3.CH2F3NO2S/c5-3-1-2-4(6)7;2-1(3,4)8(5,6)7/h1-2H,3H2,(H,6,7);(H2,5,6,7)/q-1;/p+1. The van der Waals surface area contributed by atoms with Crippen molar-refractivity contribution in [2.45, 2.75) is 5.51 Å². The van der Waals surface area contributed by atoms with Gasteiger partial charge in [0.2, 0.25) is 0 Å². The summed E-state index contributed by atoms with van der Waals surface area (Å²) in [6.45, 7) is -0.466. The van der Waals surface area contributed by atoms with Crippen LogP contribution in [0.5, 0.6) is 0 Å². The molecule has 0 aliphatic carbocycles. The first-order chi connectivity index (χ1) is 6.52. The topological polar surface area (TPSA) is 122 Å². The second-order valence-corrected chi connectivity index (χ2v) is 3.66. The van der Waals surface area contributed by atoms with Crippen LogP contribution in [0.4, 0.5) is 13.2 Å². The van der Waals surface area contributed by atoms with Crippen molar-refractivity contribution >= 4 is 16.0 Å². The summed E-state index contributed by atoms with van der Waals surface area (Å²) >= 11 is 0. The fourth-order valence-corrected chi connectivity index (χ4v) is 0.149. The second kappa shape index (κ2) is 6.37. The molecule has 0 amide bonds. The zero-order valence-corrected chi connectivity index (χ0v) is 8.01. The molecule has 0 aromatic heterocycles. The number of hydrogen-bond donors (Lipinski definition) is 2. The molecule has 90 valence electrons. The molecule has 0 aromatic carbocycles. The van der Waals surface area contributed by atoms with Crippen molar-refractivity contribution in [3.05, 3.63) is 12.2 Å². The lowest BCUT2D eigenvalue weighted by Gasteiger charge is -1.95. The fourth-order valence-electron chi connectivity index (χ4n) is 0.149. The Hall–Kier alpha value is -1.13. The third-order valence-corrected chi connectivity index (χ3v) is 1.41. The number of carboxylic acids is 1. The SMILES string of the molecule is O=C(O)C=CC[O-].[NH3+]S(=O)(=O)C(F)(F)F. The highest BCUT2D eigenvalue weighted by molar-refractivity contribution is 7.85. The zero-order chi connectivity index (χ0) is 12.7. The molecule has 0 saturated carbocycles. The fraction of sp³-hybridized carbons (Fsp3) is 0.400. The minimum Gasteiger partial charge on any atom is -0.851 e. The molecule has 6 nitrogen and oxygen atoms in total. The van der Waals surface area contributed by atoms with E-state index in [0.29, 0.717) is 0 Å². The minimum atomic E-state index is -5.20. The van der Waals surface area contributed by atoms with Crippen LogP contribution in [0.2, 0.25) is 0 Å². The minimum absolute atomic E-state index is 0.466. The van der Waals surface area contributed by atoms with Gasteiger partial charge in [0.15, 0.2) is 0 Å². The predicted octanol–water partition coefficient (Wildman–Crippen LogP) is -1.93. The largest absolute Gasteiger partial charge is 0.851 e. The van der Waals surface area contributed by atoms with E-state index in [1.54, 1.807) is 0 Å². The number of quaternary nitrogens is 1. The van der Waals surface area contributed by atoms with E-state index in [9.17, 15) is 31.5 Å². The molecule has 10 heteroatoms. The molecular formula is C5H8F3NO5S. The third-order valence-electron chi connectivity index (χ3n) is 0.709. The van der Waals surface area contributed by atoms with Gasteiger partial charge in [-0.25, -0.2) is 9.93 Å².